The van der Waals surface area contributed by atoms with Gasteiger partial charge in [0.05, 0.1) is 5.92 Å². The molecule has 0 spiro atoms. The second-order valence-corrected chi connectivity index (χ2v) is 6.61. The van der Waals surface area contributed by atoms with Gasteiger partial charge < -0.3 is 10.2 Å². The lowest BCUT2D eigenvalue weighted by molar-refractivity contribution is -0.126. The number of hydrogen-bond acceptors (Lipinski definition) is 3. The molecule has 0 aromatic heterocycles. The van der Waals surface area contributed by atoms with Crippen molar-refractivity contribution in [2.24, 2.45) is 5.92 Å². The summed E-state index contributed by atoms with van der Waals surface area (Å²) in [5.41, 5.74) is 0.708. The molecule has 0 saturated carbocycles. The average Bonchev–Trinajstić information content (AvgIpc) is 2.54. The number of halogens is 1. The van der Waals surface area contributed by atoms with Crippen LogP contribution in [-0.4, -0.2) is 56.0 Å². The Morgan fingerprint density at radius 1 is 1.39 bits per heavy atom. The van der Waals surface area contributed by atoms with Gasteiger partial charge in [0.1, 0.15) is 5.82 Å². The number of hydrogen-bond donors (Lipinski definition) is 1. The highest BCUT2D eigenvalue weighted by atomic mass is 19.1. The Labute approximate surface area is 138 Å². The van der Waals surface area contributed by atoms with Crippen LogP contribution in [0.1, 0.15) is 24.8 Å². The molecular weight excluding hydrogens is 293 g/mol. The topological polar surface area (TPSA) is 35.6 Å². The molecule has 128 valence electrons. The van der Waals surface area contributed by atoms with Crippen LogP contribution in [0.2, 0.25) is 0 Å². The first-order valence-corrected chi connectivity index (χ1v) is 8.44. The molecule has 1 N–H and O–H groups in total. The normalized spacial score (nSPS) is 19.0. The Hall–Kier alpha value is -1.46. The third-order valence-corrected chi connectivity index (χ3v) is 4.31. The van der Waals surface area contributed by atoms with E-state index in [0.717, 1.165) is 38.9 Å². The standard InChI is InChI=1S/C18H28FN3O/c1-21(2)11-6-10-20-18(23)16-8-5-12-22(14-16)13-15-7-3-4-9-17(15)19/h3-4,7,9,16H,5-6,8,10-14H2,1-2H3,(H,20,23). The minimum absolute atomic E-state index is 0.0230. The van der Waals surface area contributed by atoms with Gasteiger partial charge >= 0.3 is 0 Å². The maximum atomic E-state index is 13.8. The van der Waals surface area contributed by atoms with E-state index in [1.54, 1.807) is 6.07 Å². The van der Waals surface area contributed by atoms with Crippen molar-refractivity contribution in [2.45, 2.75) is 25.8 Å². The summed E-state index contributed by atoms with van der Waals surface area (Å²) >= 11 is 0. The fourth-order valence-electron chi connectivity index (χ4n) is 3.03. The SMILES string of the molecule is CN(C)CCCNC(=O)C1CCCN(Cc2ccccc2F)C1. The molecule has 0 radical (unpaired) electrons. The Morgan fingerprint density at radius 3 is 2.91 bits per heavy atom. The van der Waals surface area contributed by atoms with Crippen LogP contribution in [0.4, 0.5) is 4.39 Å². The molecule has 2 rings (SSSR count). The highest BCUT2D eigenvalue weighted by Crippen LogP contribution is 2.19. The molecule has 1 atom stereocenters. The predicted octanol–water partition coefficient (Wildman–Crippen LogP) is 2.11. The number of nitrogens with one attached hydrogen (secondary N) is 1. The third kappa shape index (κ3) is 5.92. The number of nitrogens with zero attached hydrogens (tertiary/aromatic N) is 2. The summed E-state index contributed by atoms with van der Waals surface area (Å²) < 4.78 is 13.8. The minimum atomic E-state index is -0.164. The van der Waals surface area contributed by atoms with Gasteiger partial charge in [-0.25, -0.2) is 4.39 Å². The van der Waals surface area contributed by atoms with E-state index in [2.05, 4.69) is 15.1 Å². The van der Waals surface area contributed by atoms with Gasteiger partial charge in [0.15, 0.2) is 0 Å². The van der Waals surface area contributed by atoms with Crippen LogP contribution in [-0.2, 0) is 11.3 Å². The molecule has 1 aromatic carbocycles. The molecule has 23 heavy (non-hydrogen) atoms. The zero-order chi connectivity index (χ0) is 16.7. The summed E-state index contributed by atoms with van der Waals surface area (Å²) in [6.07, 6.45) is 2.88. The largest absolute Gasteiger partial charge is 0.356 e. The number of amides is 1. The van der Waals surface area contributed by atoms with Crippen molar-refractivity contribution in [3.63, 3.8) is 0 Å². The summed E-state index contributed by atoms with van der Waals surface area (Å²) in [6.45, 7) is 3.93. The van der Waals surface area contributed by atoms with E-state index >= 15 is 0 Å². The van der Waals surface area contributed by atoms with Gasteiger partial charge in [-0.3, -0.25) is 9.69 Å². The molecule has 4 nitrogen and oxygen atoms in total. The van der Waals surface area contributed by atoms with Crippen molar-refractivity contribution in [2.75, 3.05) is 40.3 Å². The predicted molar refractivity (Wildman–Crippen MR) is 90.6 cm³/mol. The molecule has 1 fully saturated rings. The van der Waals surface area contributed by atoms with Gasteiger partial charge in [0, 0.05) is 25.2 Å². The first kappa shape index (κ1) is 17.9. The first-order valence-electron chi connectivity index (χ1n) is 8.44. The van der Waals surface area contributed by atoms with E-state index in [-0.39, 0.29) is 17.6 Å². The Balaban J connectivity index is 1.78. The summed E-state index contributed by atoms with van der Waals surface area (Å²) in [5, 5.41) is 3.04. The lowest BCUT2D eigenvalue weighted by Gasteiger charge is -2.32. The van der Waals surface area contributed by atoms with E-state index in [9.17, 15) is 9.18 Å². The number of carbonyl (C=O) groups excluding carboxylic acids is 1. The molecule has 1 aliphatic rings. The molecule has 1 unspecified atom stereocenters. The quantitative estimate of drug-likeness (QED) is 0.781. The van der Waals surface area contributed by atoms with Crippen LogP contribution in [0, 0.1) is 11.7 Å². The van der Waals surface area contributed by atoms with Crippen molar-refractivity contribution in [3.8, 4) is 0 Å². The molecule has 5 heteroatoms. The molecule has 1 amide bonds. The van der Waals surface area contributed by atoms with Crippen LogP contribution in [0.5, 0.6) is 0 Å². The summed E-state index contributed by atoms with van der Waals surface area (Å²) in [4.78, 5) is 16.6. The molecule has 1 aliphatic heterocycles. The first-order chi connectivity index (χ1) is 11.1. The van der Waals surface area contributed by atoms with Crippen molar-refractivity contribution in [1.29, 1.82) is 0 Å². The highest BCUT2D eigenvalue weighted by Gasteiger charge is 2.25. The van der Waals surface area contributed by atoms with E-state index in [0.29, 0.717) is 18.7 Å². The Bertz CT molecular complexity index is 507. The lowest BCUT2D eigenvalue weighted by atomic mass is 9.96. The smallest absolute Gasteiger partial charge is 0.224 e. The van der Waals surface area contributed by atoms with Crippen molar-refractivity contribution in [1.82, 2.24) is 15.1 Å². The number of carbonyl (C=O) groups is 1. The van der Waals surface area contributed by atoms with E-state index in [1.165, 1.54) is 6.07 Å². The summed E-state index contributed by atoms with van der Waals surface area (Å²) in [5.74, 6) is -0.000343. The maximum absolute atomic E-state index is 13.8. The minimum Gasteiger partial charge on any atom is -0.356 e. The monoisotopic (exact) mass is 321 g/mol. The third-order valence-electron chi connectivity index (χ3n) is 4.31. The van der Waals surface area contributed by atoms with Gasteiger partial charge in [-0.1, -0.05) is 18.2 Å². The summed E-state index contributed by atoms with van der Waals surface area (Å²) in [6, 6.07) is 6.88. The number of likely N-dealkylation sites (tertiary alicyclic amines) is 1. The second-order valence-electron chi connectivity index (χ2n) is 6.61. The van der Waals surface area contributed by atoms with Crippen molar-refractivity contribution in [3.05, 3.63) is 35.6 Å². The lowest BCUT2D eigenvalue weighted by Crippen LogP contribution is -2.43. The molecule has 1 heterocycles. The molecule has 1 saturated heterocycles. The van der Waals surface area contributed by atoms with Gasteiger partial charge in [-0.15, -0.1) is 0 Å². The van der Waals surface area contributed by atoms with Crippen molar-refractivity contribution < 1.29 is 9.18 Å². The number of benzene rings is 1. The van der Waals surface area contributed by atoms with Gasteiger partial charge in [-0.2, -0.15) is 0 Å². The van der Waals surface area contributed by atoms with Gasteiger partial charge in [0.25, 0.3) is 0 Å². The molecule has 0 bridgehead atoms. The van der Waals surface area contributed by atoms with Crippen LogP contribution in [0.3, 0.4) is 0 Å². The van der Waals surface area contributed by atoms with E-state index in [4.69, 9.17) is 0 Å². The van der Waals surface area contributed by atoms with Crippen molar-refractivity contribution >= 4 is 5.91 Å². The fraction of sp³-hybridized carbons (Fsp3) is 0.611. The van der Waals surface area contributed by atoms with E-state index in [1.807, 2.05) is 26.2 Å². The van der Waals surface area contributed by atoms with Crippen LogP contribution >= 0.6 is 0 Å². The fourth-order valence-corrected chi connectivity index (χ4v) is 3.03. The Kier molecular flexibility index (Phi) is 6.99. The molecule has 0 aliphatic carbocycles. The maximum Gasteiger partial charge on any atom is 0.224 e. The Morgan fingerprint density at radius 2 is 2.17 bits per heavy atom. The number of piperidine rings is 1. The van der Waals surface area contributed by atoms with Gasteiger partial charge in [0.2, 0.25) is 5.91 Å². The highest BCUT2D eigenvalue weighted by molar-refractivity contribution is 5.78. The zero-order valence-electron chi connectivity index (χ0n) is 14.2. The van der Waals surface area contributed by atoms with Crippen LogP contribution in [0.25, 0.3) is 0 Å². The molecule has 1 aromatic rings. The second kappa shape index (κ2) is 8.99. The van der Waals surface area contributed by atoms with E-state index < -0.39 is 0 Å². The van der Waals surface area contributed by atoms with Crippen LogP contribution in [0.15, 0.2) is 24.3 Å². The summed E-state index contributed by atoms with van der Waals surface area (Å²) in [7, 11) is 4.06. The number of rotatable bonds is 7. The average molecular weight is 321 g/mol. The molecular formula is C18H28FN3O. The zero-order valence-corrected chi connectivity index (χ0v) is 14.2. The van der Waals surface area contributed by atoms with Crippen LogP contribution < -0.4 is 5.32 Å². The van der Waals surface area contributed by atoms with Gasteiger partial charge in [-0.05, 0) is 52.5 Å².